The van der Waals surface area contributed by atoms with Crippen LogP contribution in [0.5, 0.6) is 0 Å². The molecule has 0 amide bonds. The van der Waals surface area contributed by atoms with Crippen LogP contribution >= 0.6 is 0 Å². The Balaban J connectivity index is 1.52. The Labute approximate surface area is 168 Å². The van der Waals surface area contributed by atoms with Crippen LogP contribution in [-0.4, -0.2) is 21.1 Å². The summed E-state index contributed by atoms with van der Waals surface area (Å²) in [6.45, 7) is 6.85. The lowest BCUT2D eigenvalue weighted by atomic mass is 10.1. The number of nitrogens with one attached hydrogen (secondary N) is 1. The van der Waals surface area contributed by atoms with Crippen molar-refractivity contribution in [2.45, 2.75) is 27.3 Å². The highest BCUT2D eigenvalue weighted by Crippen LogP contribution is 2.26. The van der Waals surface area contributed by atoms with E-state index in [4.69, 9.17) is 0 Å². The van der Waals surface area contributed by atoms with Gasteiger partial charge in [0.2, 0.25) is 0 Å². The van der Waals surface area contributed by atoms with E-state index in [-0.39, 0.29) is 11.6 Å². The Morgan fingerprint density at radius 3 is 2.48 bits per heavy atom. The van der Waals surface area contributed by atoms with Crippen LogP contribution in [0.15, 0.2) is 48.8 Å². The van der Waals surface area contributed by atoms with Crippen LogP contribution in [0.2, 0.25) is 0 Å². The summed E-state index contributed by atoms with van der Waals surface area (Å²) in [5.41, 5.74) is 4.63. The molecule has 0 unspecified atom stereocenters. The Hall–Kier alpha value is -3.28. The molecular formula is C23H22F2N4. The smallest absolute Gasteiger partial charge is 0.147 e. The SMILES string of the molecule is Cc1ccc(-c2cc(NCCn3c(C)cc4c(C)ccc(F)c43)ncn2)cc1F. The van der Waals surface area contributed by atoms with Gasteiger partial charge in [0.15, 0.2) is 0 Å². The highest BCUT2D eigenvalue weighted by molar-refractivity contribution is 5.85. The van der Waals surface area contributed by atoms with Crippen LogP contribution in [-0.2, 0) is 6.54 Å². The second-order valence-corrected chi connectivity index (χ2v) is 7.24. The van der Waals surface area contributed by atoms with Crippen molar-refractivity contribution in [1.29, 1.82) is 0 Å². The van der Waals surface area contributed by atoms with Gasteiger partial charge in [-0.3, -0.25) is 0 Å². The molecule has 0 saturated heterocycles. The highest BCUT2D eigenvalue weighted by Gasteiger charge is 2.12. The number of nitrogens with zero attached hydrogens (tertiary/aromatic N) is 3. The lowest BCUT2D eigenvalue weighted by molar-refractivity contribution is 0.619. The summed E-state index contributed by atoms with van der Waals surface area (Å²) in [4.78, 5) is 8.48. The first kappa shape index (κ1) is 19.1. The summed E-state index contributed by atoms with van der Waals surface area (Å²) < 4.78 is 30.2. The van der Waals surface area contributed by atoms with Gasteiger partial charge in [-0.25, -0.2) is 18.7 Å². The molecule has 0 bridgehead atoms. The van der Waals surface area contributed by atoms with Crippen LogP contribution in [0.3, 0.4) is 0 Å². The summed E-state index contributed by atoms with van der Waals surface area (Å²) in [5, 5.41) is 4.20. The fourth-order valence-corrected chi connectivity index (χ4v) is 3.55. The molecule has 2 heterocycles. The maximum Gasteiger partial charge on any atom is 0.147 e. The average molecular weight is 392 g/mol. The maximum absolute atomic E-state index is 14.4. The quantitative estimate of drug-likeness (QED) is 0.494. The standard InChI is InChI=1S/C23H22F2N4/c1-14-5-7-19(24)23-18(14)10-16(3)29(23)9-8-26-22-12-21(27-13-28-22)17-6-4-15(2)20(25)11-17/h4-7,10-13H,8-9H2,1-3H3,(H,26,27,28). The van der Waals surface area contributed by atoms with E-state index >= 15 is 0 Å². The molecule has 29 heavy (non-hydrogen) atoms. The predicted molar refractivity (Wildman–Crippen MR) is 112 cm³/mol. The molecule has 1 N–H and O–H groups in total. The van der Waals surface area contributed by atoms with Gasteiger partial charge < -0.3 is 9.88 Å². The molecule has 2 aromatic carbocycles. The lowest BCUT2D eigenvalue weighted by Gasteiger charge is -2.11. The summed E-state index contributed by atoms with van der Waals surface area (Å²) in [5.74, 6) is 0.161. The van der Waals surface area contributed by atoms with Crippen molar-refractivity contribution in [3.8, 4) is 11.3 Å². The van der Waals surface area contributed by atoms with Crippen molar-refractivity contribution in [3.05, 3.63) is 77.2 Å². The first-order chi connectivity index (χ1) is 13.9. The molecule has 4 aromatic rings. The third-order valence-electron chi connectivity index (χ3n) is 5.21. The number of anilines is 1. The third-order valence-corrected chi connectivity index (χ3v) is 5.21. The molecule has 4 nitrogen and oxygen atoms in total. The number of aromatic nitrogens is 3. The van der Waals surface area contributed by atoms with Crippen LogP contribution in [0.4, 0.5) is 14.6 Å². The van der Waals surface area contributed by atoms with Gasteiger partial charge in [0.05, 0.1) is 11.2 Å². The fourth-order valence-electron chi connectivity index (χ4n) is 3.55. The van der Waals surface area contributed by atoms with E-state index in [2.05, 4.69) is 15.3 Å². The van der Waals surface area contributed by atoms with E-state index in [1.807, 2.05) is 30.5 Å². The molecule has 6 heteroatoms. The fraction of sp³-hybridized carbons (Fsp3) is 0.217. The minimum absolute atomic E-state index is 0.218. The summed E-state index contributed by atoms with van der Waals surface area (Å²) in [6, 6.07) is 12.2. The van der Waals surface area contributed by atoms with Gasteiger partial charge in [0.25, 0.3) is 0 Å². The molecule has 2 aromatic heterocycles. The highest BCUT2D eigenvalue weighted by atomic mass is 19.1. The lowest BCUT2D eigenvalue weighted by Crippen LogP contribution is -2.13. The Morgan fingerprint density at radius 2 is 1.69 bits per heavy atom. The van der Waals surface area contributed by atoms with Crippen molar-refractivity contribution in [2.75, 3.05) is 11.9 Å². The van der Waals surface area contributed by atoms with Crippen LogP contribution in [0.1, 0.15) is 16.8 Å². The van der Waals surface area contributed by atoms with Crippen LogP contribution in [0.25, 0.3) is 22.2 Å². The van der Waals surface area contributed by atoms with E-state index in [9.17, 15) is 8.78 Å². The van der Waals surface area contributed by atoms with Crippen molar-refractivity contribution in [1.82, 2.24) is 14.5 Å². The second kappa shape index (κ2) is 7.62. The first-order valence-electron chi connectivity index (χ1n) is 9.51. The first-order valence-corrected chi connectivity index (χ1v) is 9.51. The van der Waals surface area contributed by atoms with Gasteiger partial charge in [-0.2, -0.15) is 0 Å². The van der Waals surface area contributed by atoms with E-state index < -0.39 is 0 Å². The number of benzene rings is 2. The van der Waals surface area contributed by atoms with Gasteiger partial charge in [-0.05, 0) is 50.1 Å². The minimum atomic E-state index is -0.261. The van der Waals surface area contributed by atoms with Gasteiger partial charge in [-0.1, -0.05) is 18.2 Å². The molecule has 148 valence electrons. The number of hydrogen-bond donors (Lipinski definition) is 1. The van der Waals surface area contributed by atoms with Gasteiger partial charge >= 0.3 is 0 Å². The maximum atomic E-state index is 14.4. The van der Waals surface area contributed by atoms with E-state index in [1.165, 1.54) is 18.5 Å². The van der Waals surface area contributed by atoms with Crippen molar-refractivity contribution in [3.63, 3.8) is 0 Å². The largest absolute Gasteiger partial charge is 0.368 e. The van der Waals surface area contributed by atoms with Crippen LogP contribution < -0.4 is 5.32 Å². The molecule has 0 atom stereocenters. The molecule has 0 aliphatic rings. The summed E-state index contributed by atoms with van der Waals surface area (Å²) >= 11 is 0. The van der Waals surface area contributed by atoms with Crippen molar-refractivity contribution < 1.29 is 8.78 Å². The molecule has 0 aliphatic carbocycles. The Kier molecular flexibility index (Phi) is 5.01. The molecular weight excluding hydrogens is 370 g/mol. The predicted octanol–water partition coefficient (Wildman–Crippen LogP) is 5.41. The van der Waals surface area contributed by atoms with E-state index in [0.717, 1.165) is 16.6 Å². The molecule has 4 rings (SSSR count). The second-order valence-electron chi connectivity index (χ2n) is 7.24. The van der Waals surface area contributed by atoms with Gasteiger partial charge in [0.1, 0.15) is 23.8 Å². The summed E-state index contributed by atoms with van der Waals surface area (Å²) in [6.07, 6.45) is 1.45. The Morgan fingerprint density at radius 1 is 0.897 bits per heavy atom. The normalized spacial score (nSPS) is 11.2. The number of aryl methyl sites for hydroxylation is 3. The average Bonchev–Trinajstić information content (AvgIpc) is 3.05. The minimum Gasteiger partial charge on any atom is -0.368 e. The monoisotopic (exact) mass is 392 g/mol. The number of halogens is 2. The number of hydrogen-bond acceptors (Lipinski definition) is 3. The van der Waals surface area contributed by atoms with Crippen molar-refractivity contribution >= 4 is 16.7 Å². The zero-order valence-electron chi connectivity index (χ0n) is 16.6. The molecule has 0 aliphatic heterocycles. The number of rotatable bonds is 5. The topological polar surface area (TPSA) is 42.7 Å². The van der Waals surface area contributed by atoms with E-state index in [1.54, 1.807) is 25.1 Å². The zero-order chi connectivity index (χ0) is 20.5. The van der Waals surface area contributed by atoms with E-state index in [0.29, 0.717) is 41.2 Å². The Bertz CT molecular complexity index is 1200. The molecule has 0 saturated carbocycles. The van der Waals surface area contributed by atoms with Crippen molar-refractivity contribution in [2.24, 2.45) is 0 Å². The molecule has 0 fully saturated rings. The van der Waals surface area contributed by atoms with Crippen LogP contribution in [0, 0.1) is 32.4 Å². The number of fused-ring (bicyclic) bond motifs is 1. The third kappa shape index (κ3) is 3.70. The molecule has 0 spiro atoms. The van der Waals surface area contributed by atoms with Gasteiger partial charge in [0, 0.05) is 35.8 Å². The summed E-state index contributed by atoms with van der Waals surface area (Å²) in [7, 11) is 0. The zero-order valence-corrected chi connectivity index (χ0v) is 16.6. The molecule has 0 radical (unpaired) electrons. The van der Waals surface area contributed by atoms with Gasteiger partial charge in [-0.15, -0.1) is 0 Å².